The van der Waals surface area contributed by atoms with E-state index in [0.29, 0.717) is 11.3 Å². The van der Waals surface area contributed by atoms with Gasteiger partial charge in [-0.15, -0.1) is 11.3 Å². The van der Waals surface area contributed by atoms with Gasteiger partial charge in [0.15, 0.2) is 0 Å². The van der Waals surface area contributed by atoms with Crippen LogP contribution in [0, 0.1) is 0 Å². The maximum Gasteiger partial charge on any atom is 0.343 e. The molecule has 0 N–H and O–H groups in total. The van der Waals surface area contributed by atoms with Crippen LogP contribution in [0.4, 0.5) is 0 Å². The van der Waals surface area contributed by atoms with E-state index in [0.717, 1.165) is 16.0 Å². The fraction of sp³-hybridized carbons (Fsp3) is 0. The van der Waals surface area contributed by atoms with Crippen LogP contribution in [0.3, 0.4) is 0 Å². The number of hydrogen-bond acceptors (Lipinski definition) is 3. The molecule has 0 saturated carbocycles. The molecule has 1 aromatic heterocycles. The molecular weight excluding hydrogens is 316 g/mol. The van der Waals surface area contributed by atoms with Crippen molar-refractivity contribution in [2.75, 3.05) is 0 Å². The molecule has 3 aromatic rings. The predicted molar refractivity (Wildman–Crippen MR) is 98.2 cm³/mol. The second kappa shape index (κ2) is 6.30. The average Bonchev–Trinajstić information content (AvgIpc) is 3.27. The number of cyclic esters (lactones) is 1. The molecular formula is C21H14O2S. The van der Waals surface area contributed by atoms with Gasteiger partial charge in [-0.1, -0.05) is 60.7 Å². The topological polar surface area (TPSA) is 26.3 Å². The number of esters is 1. The molecule has 0 atom stereocenters. The van der Waals surface area contributed by atoms with E-state index >= 15 is 0 Å². The molecule has 0 spiro atoms. The highest BCUT2D eigenvalue weighted by molar-refractivity contribution is 7.10. The van der Waals surface area contributed by atoms with E-state index in [9.17, 15) is 4.79 Å². The Morgan fingerprint density at radius 3 is 2.21 bits per heavy atom. The van der Waals surface area contributed by atoms with Gasteiger partial charge in [-0.05, 0) is 34.7 Å². The summed E-state index contributed by atoms with van der Waals surface area (Å²) in [7, 11) is 0. The number of ether oxygens (including phenoxy) is 1. The fourth-order valence-electron chi connectivity index (χ4n) is 2.62. The average molecular weight is 330 g/mol. The van der Waals surface area contributed by atoms with Gasteiger partial charge in [0.25, 0.3) is 0 Å². The van der Waals surface area contributed by atoms with Gasteiger partial charge < -0.3 is 4.74 Å². The van der Waals surface area contributed by atoms with Crippen LogP contribution in [0.25, 0.3) is 23.0 Å². The summed E-state index contributed by atoms with van der Waals surface area (Å²) in [5, 5.41) is 1.99. The van der Waals surface area contributed by atoms with E-state index in [4.69, 9.17) is 4.74 Å². The number of thiophene rings is 1. The molecule has 1 aliphatic heterocycles. The number of hydrogen-bond donors (Lipinski definition) is 0. The minimum Gasteiger partial charge on any atom is -0.422 e. The Morgan fingerprint density at radius 2 is 1.50 bits per heavy atom. The van der Waals surface area contributed by atoms with Crippen molar-refractivity contribution >= 4 is 29.1 Å². The van der Waals surface area contributed by atoms with Crippen molar-refractivity contribution in [2.45, 2.75) is 0 Å². The highest BCUT2D eigenvalue weighted by Gasteiger charge is 2.22. The summed E-state index contributed by atoms with van der Waals surface area (Å²) < 4.78 is 5.41. The zero-order valence-corrected chi connectivity index (χ0v) is 13.6. The standard InChI is InChI=1S/C21H14O2S/c22-21-18(13-19-7-4-12-24-19)14-20(23-21)17-10-8-16(9-11-17)15-5-2-1-3-6-15/h1-14H/b18-13+. The van der Waals surface area contributed by atoms with Crippen molar-refractivity contribution in [3.05, 3.63) is 94.2 Å². The second-order valence-corrected chi connectivity index (χ2v) is 6.44. The lowest BCUT2D eigenvalue weighted by molar-refractivity contribution is -0.130. The molecule has 0 aliphatic carbocycles. The molecule has 0 fully saturated rings. The maximum atomic E-state index is 12.0. The number of carbonyl (C=O) groups excluding carboxylic acids is 1. The SMILES string of the molecule is O=C1OC(c2ccc(-c3ccccc3)cc2)=C/C1=C\c1cccs1. The fourth-order valence-corrected chi connectivity index (χ4v) is 3.28. The minimum absolute atomic E-state index is 0.300. The molecule has 0 radical (unpaired) electrons. The number of carbonyl (C=O) groups is 1. The second-order valence-electron chi connectivity index (χ2n) is 5.46. The van der Waals surface area contributed by atoms with Crippen molar-refractivity contribution in [1.82, 2.24) is 0 Å². The van der Waals surface area contributed by atoms with Crippen LogP contribution in [0.15, 0.2) is 83.8 Å². The third-order valence-electron chi connectivity index (χ3n) is 3.84. The van der Waals surface area contributed by atoms with Crippen molar-refractivity contribution in [2.24, 2.45) is 0 Å². The molecule has 0 bridgehead atoms. The third kappa shape index (κ3) is 2.94. The summed E-state index contributed by atoms with van der Waals surface area (Å²) in [5.41, 5.74) is 3.79. The lowest BCUT2D eigenvalue weighted by atomic mass is 10.0. The van der Waals surface area contributed by atoms with E-state index in [1.807, 2.05) is 66.1 Å². The molecule has 1 aliphatic rings. The lowest BCUT2D eigenvalue weighted by Crippen LogP contribution is -1.96. The number of rotatable bonds is 3. The molecule has 3 heteroatoms. The summed E-state index contributed by atoms with van der Waals surface area (Å²) in [4.78, 5) is 13.1. The van der Waals surface area contributed by atoms with Gasteiger partial charge in [-0.3, -0.25) is 0 Å². The first kappa shape index (κ1) is 14.7. The Bertz CT molecular complexity index is 918. The van der Waals surface area contributed by atoms with Crippen LogP contribution in [0.1, 0.15) is 10.4 Å². The van der Waals surface area contributed by atoms with Gasteiger partial charge in [-0.25, -0.2) is 4.79 Å². The minimum atomic E-state index is -0.300. The van der Waals surface area contributed by atoms with E-state index in [-0.39, 0.29) is 5.97 Å². The summed E-state index contributed by atoms with van der Waals surface area (Å²) >= 11 is 1.59. The van der Waals surface area contributed by atoms with E-state index < -0.39 is 0 Å². The summed E-state index contributed by atoms with van der Waals surface area (Å²) in [6, 6.07) is 22.2. The van der Waals surface area contributed by atoms with E-state index in [1.165, 1.54) is 5.56 Å². The largest absolute Gasteiger partial charge is 0.422 e. The van der Waals surface area contributed by atoms with Gasteiger partial charge in [0.05, 0.1) is 5.57 Å². The molecule has 116 valence electrons. The highest BCUT2D eigenvalue weighted by Crippen LogP contribution is 2.29. The Morgan fingerprint density at radius 1 is 0.792 bits per heavy atom. The molecule has 2 aromatic carbocycles. The predicted octanol–water partition coefficient (Wildman–Crippen LogP) is 5.40. The Hall–Kier alpha value is -2.91. The van der Waals surface area contributed by atoms with Crippen LogP contribution >= 0.6 is 11.3 Å². The first-order valence-corrected chi connectivity index (χ1v) is 8.52. The van der Waals surface area contributed by atoms with Gasteiger partial charge in [0.1, 0.15) is 5.76 Å². The van der Waals surface area contributed by atoms with Crippen molar-refractivity contribution in [1.29, 1.82) is 0 Å². The van der Waals surface area contributed by atoms with Gasteiger partial charge in [0.2, 0.25) is 0 Å². The quantitative estimate of drug-likeness (QED) is 0.475. The van der Waals surface area contributed by atoms with E-state index in [1.54, 1.807) is 17.4 Å². The molecule has 0 saturated heterocycles. The number of benzene rings is 2. The maximum absolute atomic E-state index is 12.0. The van der Waals surface area contributed by atoms with Gasteiger partial charge in [-0.2, -0.15) is 0 Å². The normalized spacial score (nSPS) is 15.4. The molecule has 0 amide bonds. The van der Waals surface area contributed by atoms with Crippen LogP contribution < -0.4 is 0 Å². The third-order valence-corrected chi connectivity index (χ3v) is 4.66. The lowest BCUT2D eigenvalue weighted by Gasteiger charge is -2.04. The monoisotopic (exact) mass is 330 g/mol. The molecule has 0 unspecified atom stereocenters. The zero-order chi connectivity index (χ0) is 16.4. The zero-order valence-electron chi connectivity index (χ0n) is 12.8. The molecule has 2 heterocycles. The first-order valence-electron chi connectivity index (χ1n) is 7.64. The van der Waals surface area contributed by atoms with Crippen LogP contribution in [0.5, 0.6) is 0 Å². The Balaban J connectivity index is 1.61. The van der Waals surface area contributed by atoms with Crippen molar-refractivity contribution in [3.63, 3.8) is 0 Å². The summed E-state index contributed by atoms with van der Waals surface area (Å²) in [6.45, 7) is 0. The van der Waals surface area contributed by atoms with E-state index in [2.05, 4.69) is 12.1 Å². The van der Waals surface area contributed by atoms with Gasteiger partial charge in [0, 0.05) is 10.4 Å². The molecule has 24 heavy (non-hydrogen) atoms. The Kier molecular flexibility index (Phi) is 3.85. The summed E-state index contributed by atoms with van der Waals surface area (Å²) in [6.07, 6.45) is 3.66. The first-order chi connectivity index (χ1) is 11.8. The van der Waals surface area contributed by atoms with Crippen LogP contribution in [0.2, 0.25) is 0 Å². The highest BCUT2D eigenvalue weighted by atomic mass is 32.1. The van der Waals surface area contributed by atoms with Crippen LogP contribution in [-0.2, 0) is 9.53 Å². The van der Waals surface area contributed by atoms with Crippen LogP contribution in [-0.4, -0.2) is 5.97 Å². The van der Waals surface area contributed by atoms with Crippen molar-refractivity contribution < 1.29 is 9.53 Å². The smallest absolute Gasteiger partial charge is 0.343 e. The Labute approximate surface area is 144 Å². The van der Waals surface area contributed by atoms with Crippen molar-refractivity contribution in [3.8, 4) is 11.1 Å². The van der Waals surface area contributed by atoms with Gasteiger partial charge >= 0.3 is 5.97 Å². The molecule has 4 rings (SSSR count). The summed E-state index contributed by atoms with van der Waals surface area (Å²) in [5.74, 6) is 0.299. The molecule has 2 nitrogen and oxygen atoms in total.